The number of hydrogen-bond donors (Lipinski definition) is 1. The van der Waals surface area contributed by atoms with Crippen LogP contribution in [-0.4, -0.2) is 51.0 Å². The molecule has 0 aromatic heterocycles. The smallest absolute Gasteiger partial charge is 0.337 e. The number of carbonyl (C=O) groups excluding carboxylic acids is 1. The first-order valence-corrected chi connectivity index (χ1v) is 9.37. The summed E-state index contributed by atoms with van der Waals surface area (Å²) in [6.45, 7) is 0.930. The molecule has 0 saturated carbocycles. The number of esters is 1. The van der Waals surface area contributed by atoms with Gasteiger partial charge in [0, 0.05) is 25.2 Å². The molecule has 134 valence electrons. The molecule has 2 fully saturated rings. The Balaban J connectivity index is 0.00000208. The molecule has 9 heteroatoms. The molecule has 2 saturated heterocycles. The largest absolute Gasteiger partial charge is 0.465 e. The molecule has 2 unspecified atom stereocenters. The fourth-order valence-corrected chi connectivity index (χ4v) is 5.24. The van der Waals surface area contributed by atoms with Crippen LogP contribution in [0.15, 0.2) is 23.1 Å². The van der Waals surface area contributed by atoms with Gasteiger partial charge in [0.25, 0.3) is 0 Å². The second-order valence-electron chi connectivity index (χ2n) is 5.93. The van der Waals surface area contributed by atoms with E-state index in [9.17, 15) is 13.2 Å². The Morgan fingerprint density at radius 2 is 2.00 bits per heavy atom. The lowest BCUT2D eigenvalue weighted by Gasteiger charge is -2.24. The minimum atomic E-state index is -3.68. The molecule has 1 N–H and O–H groups in total. The lowest BCUT2D eigenvalue weighted by atomic mass is 10.1. The van der Waals surface area contributed by atoms with Crippen molar-refractivity contribution in [1.29, 1.82) is 0 Å². The van der Waals surface area contributed by atoms with E-state index in [1.807, 2.05) is 0 Å². The van der Waals surface area contributed by atoms with E-state index in [0.29, 0.717) is 19.1 Å². The predicted molar refractivity (Wildman–Crippen MR) is 93.4 cm³/mol. The molecule has 0 radical (unpaired) electrons. The summed E-state index contributed by atoms with van der Waals surface area (Å²) < 4.78 is 31.9. The zero-order chi connectivity index (χ0) is 16.6. The van der Waals surface area contributed by atoms with Crippen LogP contribution in [-0.2, 0) is 14.8 Å². The molecule has 6 nitrogen and oxygen atoms in total. The molecule has 2 heterocycles. The summed E-state index contributed by atoms with van der Waals surface area (Å²) in [5.41, 5.74) is 0.230. The Hall–Kier alpha value is -0.860. The molecular weight excluding hydrogens is 375 g/mol. The van der Waals surface area contributed by atoms with Crippen molar-refractivity contribution >= 4 is 40.0 Å². The van der Waals surface area contributed by atoms with E-state index < -0.39 is 16.0 Å². The van der Waals surface area contributed by atoms with Gasteiger partial charge in [-0.15, -0.1) is 12.4 Å². The lowest BCUT2D eigenvalue weighted by Crippen LogP contribution is -2.39. The van der Waals surface area contributed by atoms with E-state index in [0.717, 1.165) is 19.3 Å². The Kier molecular flexibility index (Phi) is 6.14. The zero-order valence-corrected chi connectivity index (χ0v) is 15.6. The molecule has 1 aromatic rings. The van der Waals surface area contributed by atoms with E-state index in [2.05, 4.69) is 10.1 Å². The van der Waals surface area contributed by atoms with E-state index in [1.165, 1.54) is 29.6 Å². The third-order valence-corrected chi connectivity index (χ3v) is 6.80. The predicted octanol–water partition coefficient (Wildman–Crippen LogP) is 2.06. The topological polar surface area (TPSA) is 75.7 Å². The highest BCUT2D eigenvalue weighted by atomic mass is 35.5. The number of halogens is 2. The van der Waals surface area contributed by atoms with Crippen LogP contribution in [0.5, 0.6) is 0 Å². The van der Waals surface area contributed by atoms with E-state index >= 15 is 0 Å². The monoisotopic (exact) mass is 394 g/mol. The Morgan fingerprint density at radius 1 is 1.29 bits per heavy atom. The van der Waals surface area contributed by atoms with Crippen LogP contribution in [0.2, 0.25) is 5.02 Å². The summed E-state index contributed by atoms with van der Waals surface area (Å²) >= 11 is 6.12. The molecule has 0 spiro atoms. The molecular formula is C15H20Cl2N2O4S. The van der Waals surface area contributed by atoms with Gasteiger partial charge in [-0.2, -0.15) is 4.31 Å². The summed E-state index contributed by atoms with van der Waals surface area (Å²) in [6, 6.07) is 4.73. The van der Waals surface area contributed by atoms with Crippen LogP contribution in [0.3, 0.4) is 0 Å². The fourth-order valence-electron chi connectivity index (χ4n) is 3.22. The van der Waals surface area contributed by atoms with Gasteiger partial charge in [0.05, 0.1) is 17.7 Å². The van der Waals surface area contributed by atoms with Gasteiger partial charge in [0.1, 0.15) is 4.90 Å². The second kappa shape index (κ2) is 7.58. The molecule has 24 heavy (non-hydrogen) atoms. The number of carbonyl (C=O) groups is 1. The maximum atomic E-state index is 12.9. The van der Waals surface area contributed by atoms with E-state index in [4.69, 9.17) is 11.6 Å². The molecule has 3 rings (SSSR count). The third-order valence-electron chi connectivity index (χ3n) is 4.46. The average Bonchev–Trinajstić information content (AvgIpc) is 2.84. The van der Waals surface area contributed by atoms with Gasteiger partial charge < -0.3 is 10.1 Å². The highest BCUT2D eigenvalue weighted by Gasteiger charge is 2.35. The summed E-state index contributed by atoms with van der Waals surface area (Å²) in [4.78, 5) is 11.5. The van der Waals surface area contributed by atoms with Crippen LogP contribution in [0, 0.1) is 0 Å². The first-order valence-electron chi connectivity index (χ1n) is 7.56. The van der Waals surface area contributed by atoms with E-state index in [1.54, 1.807) is 0 Å². The van der Waals surface area contributed by atoms with Crippen LogP contribution in [0.1, 0.15) is 29.6 Å². The van der Waals surface area contributed by atoms with Crippen LogP contribution >= 0.6 is 24.0 Å². The number of benzene rings is 1. The molecule has 2 bridgehead atoms. The highest BCUT2D eigenvalue weighted by molar-refractivity contribution is 7.89. The number of ether oxygens (including phenoxy) is 1. The minimum Gasteiger partial charge on any atom is -0.465 e. The van der Waals surface area contributed by atoms with Crippen molar-refractivity contribution in [1.82, 2.24) is 9.62 Å². The first kappa shape index (κ1) is 19.5. The van der Waals surface area contributed by atoms with Crippen molar-refractivity contribution in [3.8, 4) is 0 Å². The van der Waals surface area contributed by atoms with Crippen molar-refractivity contribution in [3.63, 3.8) is 0 Å². The van der Waals surface area contributed by atoms with Gasteiger partial charge >= 0.3 is 5.97 Å². The van der Waals surface area contributed by atoms with Crippen molar-refractivity contribution in [3.05, 3.63) is 28.8 Å². The Morgan fingerprint density at radius 3 is 2.67 bits per heavy atom. The first-order chi connectivity index (χ1) is 10.9. The number of nitrogens with zero attached hydrogens (tertiary/aromatic N) is 1. The summed E-state index contributed by atoms with van der Waals surface area (Å²) in [6.07, 6.45) is 2.90. The Bertz CT molecular complexity index is 726. The fraction of sp³-hybridized carbons (Fsp3) is 0.533. The maximum Gasteiger partial charge on any atom is 0.337 e. The van der Waals surface area contributed by atoms with Gasteiger partial charge in [-0.05, 0) is 37.5 Å². The van der Waals surface area contributed by atoms with Gasteiger partial charge in [-0.3, -0.25) is 0 Å². The summed E-state index contributed by atoms with van der Waals surface area (Å²) in [5, 5.41) is 3.49. The maximum absolute atomic E-state index is 12.9. The second-order valence-corrected chi connectivity index (χ2v) is 8.24. The highest BCUT2D eigenvalue weighted by Crippen LogP contribution is 2.29. The normalized spacial score (nSPS) is 24.1. The van der Waals surface area contributed by atoms with Gasteiger partial charge in [0.2, 0.25) is 10.0 Å². The van der Waals surface area contributed by atoms with Crippen LogP contribution in [0.25, 0.3) is 0 Å². The van der Waals surface area contributed by atoms with Crippen molar-refractivity contribution in [2.45, 2.75) is 36.2 Å². The third kappa shape index (κ3) is 3.70. The van der Waals surface area contributed by atoms with Crippen LogP contribution in [0.4, 0.5) is 0 Å². The van der Waals surface area contributed by atoms with Gasteiger partial charge in [-0.1, -0.05) is 11.6 Å². The number of fused-ring (bicyclic) bond motifs is 2. The minimum absolute atomic E-state index is 0. The summed E-state index contributed by atoms with van der Waals surface area (Å²) in [5.74, 6) is -0.549. The van der Waals surface area contributed by atoms with Crippen molar-refractivity contribution in [2.75, 3.05) is 20.2 Å². The van der Waals surface area contributed by atoms with Gasteiger partial charge in [0.15, 0.2) is 0 Å². The molecule has 2 aliphatic heterocycles. The number of hydrogen-bond acceptors (Lipinski definition) is 5. The number of sulfonamides is 1. The molecule has 0 aliphatic carbocycles. The number of rotatable bonds is 3. The van der Waals surface area contributed by atoms with Crippen molar-refractivity contribution in [2.24, 2.45) is 0 Å². The summed E-state index contributed by atoms with van der Waals surface area (Å²) in [7, 11) is -2.41. The number of nitrogens with one attached hydrogen (secondary N) is 1. The quantitative estimate of drug-likeness (QED) is 0.793. The molecule has 0 amide bonds. The van der Waals surface area contributed by atoms with Crippen molar-refractivity contribution < 1.29 is 17.9 Å². The SMILES string of the molecule is COC(=O)c1ccc(S(=O)(=O)N2CCC3CCC(C2)N3)c(Cl)c1.Cl. The standard InChI is InChI=1S/C15H19ClN2O4S.ClH/c1-22-15(19)10-2-5-14(13(16)8-10)23(20,21)18-7-6-11-3-4-12(9-18)17-11;/h2,5,8,11-12,17H,3-4,6-7,9H2,1H3;1H. The van der Waals surface area contributed by atoms with Crippen LogP contribution < -0.4 is 5.32 Å². The molecule has 2 aliphatic rings. The lowest BCUT2D eigenvalue weighted by molar-refractivity contribution is 0.0600. The average molecular weight is 395 g/mol. The zero-order valence-electron chi connectivity index (χ0n) is 13.2. The van der Waals surface area contributed by atoms with E-state index in [-0.39, 0.29) is 33.9 Å². The van der Waals surface area contributed by atoms with Gasteiger partial charge in [-0.25, -0.2) is 13.2 Å². The Labute approximate surface area is 153 Å². The number of methoxy groups -OCH3 is 1. The molecule has 2 atom stereocenters. The molecule has 1 aromatic carbocycles.